The van der Waals surface area contributed by atoms with Gasteiger partial charge in [-0.1, -0.05) is 6.92 Å². The van der Waals surface area contributed by atoms with Crippen LogP contribution >= 0.6 is 0 Å². The summed E-state index contributed by atoms with van der Waals surface area (Å²) in [7, 11) is 0. The molecular formula is C10H18F4N2. The van der Waals surface area contributed by atoms with E-state index >= 15 is 0 Å². The van der Waals surface area contributed by atoms with E-state index < -0.39 is 18.9 Å². The van der Waals surface area contributed by atoms with Gasteiger partial charge in [0, 0.05) is 18.6 Å². The van der Waals surface area contributed by atoms with Gasteiger partial charge in [0.2, 0.25) is 0 Å². The number of hydrogen-bond donors (Lipinski definition) is 1. The van der Waals surface area contributed by atoms with E-state index in [2.05, 4.69) is 0 Å². The second kappa shape index (κ2) is 4.87. The molecule has 1 rings (SSSR count). The Balaban J connectivity index is 2.62. The lowest BCUT2D eigenvalue weighted by molar-refractivity contribution is -0.150. The molecule has 1 heterocycles. The summed E-state index contributed by atoms with van der Waals surface area (Å²) >= 11 is 0. The summed E-state index contributed by atoms with van der Waals surface area (Å²) in [5.74, 6) is -3.89. The van der Waals surface area contributed by atoms with Crippen molar-refractivity contribution < 1.29 is 17.6 Å². The summed E-state index contributed by atoms with van der Waals surface area (Å²) in [5.41, 5.74) is 5.79. The Morgan fingerprint density at radius 3 is 2.44 bits per heavy atom. The highest BCUT2D eigenvalue weighted by molar-refractivity contribution is 4.89. The van der Waals surface area contributed by atoms with Gasteiger partial charge in [0.1, 0.15) is 0 Å². The predicted molar refractivity (Wildman–Crippen MR) is 53.7 cm³/mol. The first-order valence-electron chi connectivity index (χ1n) is 5.41. The zero-order valence-corrected chi connectivity index (χ0v) is 9.47. The molecular weight excluding hydrogens is 224 g/mol. The van der Waals surface area contributed by atoms with Crippen molar-refractivity contribution in [1.82, 2.24) is 4.90 Å². The first-order valence-corrected chi connectivity index (χ1v) is 5.41. The quantitative estimate of drug-likeness (QED) is 0.766. The van der Waals surface area contributed by atoms with Crippen LogP contribution in [0, 0.1) is 5.92 Å². The van der Waals surface area contributed by atoms with Crippen molar-refractivity contribution in [3.05, 3.63) is 0 Å². The van der Waals surface area contributed by atoms with Crippen LogP contribution in [0.5, 0.6) is 0 Å². The summed E-state index contributed by atoms with van der Waals surface area (Å²) < 4.78 is 49.9. The first kappa shape index (κ1) is 13.7. The number of halogens is 4. The fourth-order valence-electron chi connectivity index (χ4n) is 2.03. The largest absolute Gasteiger partial charge is 0.327 e. The fraction of sp³-hybridized carbons (Fsp3) is 1.00. The second-order valence-electron chi connectivity index (χ2n) is 4.58. The minimum absolute atomic E-state index is 0.0357. The summed E-state index contributed by atoms with van der Waals surface area (Å²) in [6, 6.07) is -0.222. The topological polar surface area (TPSA) is 29.3 Å². The van der Waals surface area contributed by atoms with Gasteiger partial charge in [-0.15, -0.1) is 0 Å². The van der Waals surface area contributed by atoms with E-state index in [1.165, 1.54) is 4.90 Å². The number of hydrogen-bond acceptors (Lipinski definition) is 2. The fourth-order valence-corrected chi connectivity index (χ4v) is 2.03. The van der Waals surface area contributed by atoms with E-state index in [0.29, 0.717) is 13.0 Å². The Morgan fingerprint density at radius 2 is 1.94 bits per heavy atom. The van der Waals surface area contributed by atoms with Crippen molar-refractivity contribution >= 4 is 0 Å². The Bertz CT molecular complexity index is 235. The van der Waals surface area contributed by atoms with Crippen molar-refractivity contribution in [3.8, 4) is 0 Å². The molecule has 1 fully saturated rings. The minimum atomic E-state index is -3.94. The molecule has 1 aliphatic rings. The Hall–Kier alpha value is -0.360. The smallest absolute Gasteiger partial charge is 0.319 e. The van der Waals surface area contributed by atoms with Crippen molar-refractivity contribution in [2.75, 3.05) is 13.1 Å². The Morgan fingerprint density at radius 1 is 1.38 bits per heavy atom. The number of piperidine rings is 1. The molecule has 0 aromatic carbocycles. The molecule has 0 saturated carbocycles. The molecule has 0 aromatic heterocycles. The lowest BCUT2D eigenvalue weighted by Crippen LogP contribution is -2.55. The molecule has 0 bridgehead atoms. The van der Waals surface area contributed by atoms with Crippen LogP contribution in [0.4, 0.5) is 17.6 Å². The summed E-state index contributed by atoms with van der Waals surface area (Å²) in [6.07, 6.45) is -3.03. The number of nitrogens with two attached hydrogens (primary N) is 1. The maximum absolute atomic E-state index is 12.9. The van der Waals surface area contributed by atoms with Crippen LogP contribution in [0.15, 0.2) is 0 Å². The van der Waals surface area contributed by atoms with E-state index in [4.69, 9.17) is 5.73 Å². The lowest BCUT2D eigenvalue weighted by Gasteiger charge is -2.42. The third-order valence-electron chi connectivity index (χ3n) is 3.50. The normalized spacial score (nSPS) is 33.4. The van der Waals surface area contributed by atoms with Crippen molar-refractivity contribution in [2.45, 2.75) is 44.7 Å². The van der Waals surface area contributed by atoms with Crippen molar-refractivity contribution in [1.29, 1.82) is 0 Å². The number of alkyl halides is 4. The van der Waals surface area contributed by atoms with Crippen LogP contribution in [0.2, 0.25) is 0 Å². The number of nitrogens with zero attached hydrogens (tertiary/aromatic N) is 1. The second-order valence-corrected chi connectivity index (χ2v) is 4.58. The third-order valence-corrected chi connectivity index (χ3v) is 3.50. The number of likely N-dealkylation sites (tertiary alicyclic amines) is 1. The van der Waals surface area contributed by atoms with E-state index in [1.807, 2.05) is 6.92 Å². The predicted octanol–water partition coefficient (Wildman–Crippen LogP) is 1.94. The van der Waals surface area contributed by atoms with Crippen LogP contribution in [-0.2, 0) is 0 Å². The molecule has 96 valence electrons. The SMILES string of the molecule is CC1C(N)CCN(CC(F)(F)C(F)F)C1C. The molecule has 3 unspecified atom stereocenters. The summed E-state index contributed by atoms with van der Waals surface area (Å²) in [5, 5.41) is 0. The average Bonchev–Trinajstić information content (AvgIpc) is 2.19. The van der Waals surface area contributed by atoms with Gasteiger partial charge in [0.05, 0.1) is 6.54 Å². The molecule has 6 heteroatoms. The molecule has 0 amide bonds. The van der Waals surface area contributed by atoms with E-state index in [9.17, 15) is 17.6 Å². The van der Waals surface area contributed by atoms with Crippen LogP contribution < -0.4 is 5.73 Å². The summed E-state index contributed by atoms with van der Waals surface area (Å²) in [4.78, 5) is 1.40. The Kier molecular flexibility index (Phi) is 4.17. The van der Waals surface area contributed by atoms with Gasteiger partial charge in [-0.05, 0) is 19.3 Å². The van der Waals surface area contributed by atoms with E-state index in [-0.39, 0.29) is 18.0 Å². The summed E-state index contributed by atoms with van der Waals surface area (Å²) in [6.45, 7) is 3.09. The molecule has 2 N–H and O–H groups in total. The van der Waals surface area contributed by atoms with Crippen molar-refractivity contribution in [2.24, 2.45) is 11.7 Å². The molecule has 1 aliphatic heterocycles. The molecule has 0 radical (unpaired) electrons. The van der Waals surface area contributed by atoms with Crippen molar-refractivity contribution in [3.63, 3.8) is 0 Å². The lowest BCUT2D eigenvalue weighted by atomic mass is 9.87. The maximum atomic E-state index is 12.9. The van der Waals surface area contributed by atoms with Crippen LogP contribution in [-0.4, -0.2) is 42.4 Å². The molecule has 0 aromatic rings. The molecule has 3 atom stereocenters. The van der Waals surface area contributed by atoms with Gasteiger partial charge in [-0.25, -0.2) is 8.78 Å². The van der Waals surface area contributed by atoms with Crippen LogP contribution in [0.3, 0.4) is 0 Å². The zero-order chi connectivity index (χ0) is 12.5. The Labute approximate surface area is 92.8 Å². The highest BCUT2D eigenvalue weighted by atomic mass is 19.3. The minimum Gasteiger partial charge on any atom is -0.327 e. The highest BCUT2D eigenvalue weighted by Crippen LogP contribution is 2.29. The zero-order valence-electron chi connectivity index (χ0n) is 9.47. The monoisotopic (exact) mass is 242 g/mol. The van der Waals surface area contributed by atoms with Gasteiger partial charge in [0.25, 0.3) is 0 Å². The third kappa shape index (κ3) is 2.85. The van der Waals surface area contributed by atoms with Gasteiger partial charge in [-0.3, -0.25) is 4.90 Å². The standard InChI is InChI=1S/C10H18F4N2/c1-6-7(2)16(4-3-8(6)15)5-10(13,14)9(11)12/h6-9H,3-5,15H2,1-2H3. The highest BCUT2D eigenvalue weighted by Gasteiger charge is 2.44. The molecule has 0 aliphatic carbocycles. The molecule has 16 heavy (non-hydrogen) atoms. The van der Waals surface area contributed by atoms with Gasteiger partial charge in [0.15, 0.2) is 0 Å². The van der Waals surface area contributed by atoms with Gasteiger partial charge < -0.3 is 5.73 Å². The van der Waals surface area contributed by atoms with Gasteiger partial charge in [-0.2, -0.15) is 8.78 Å². The molecule has 1 saturated heterocycles. The van der Waals surface area contributed by atoms with E-state index in [1.54, 1.807) is 6.92 Å². The molecule has 2 nitrogen and oxygen atoms in total. The molecule has 0 spiro atoms. The average molecular weight is 242 g/mol. The van der Waals surface area contributed by atoms with E-state index in [0.717, 1.165) is 0 Å². The maximum Gasteiger partial charge on any atom is 0.319 e. The van der Waals surface area contributed by atoms with Crippen LogP contribution in [0.1, 0.15) is 20.3 Å². The first-order chi connectivity index (χ1) is 7.25. The van der Waals surface area contributed by atoms with Gasteiger partial charge >= 0.3 is 12.3 Å². The van der Waals surface area contributed by atoms with Crippen LogP contribution in [0.25, 0.3) is 0 Å². The number of rotatable bonds is 3.